The number of hydrogen-bond acceptors (Lipinski definition) is 6. The molecule has 2 bridgehead atoms. The first-order valence-corrected chi connectivity index (χ1v) is 11.6. The molecule has 3 heterocycles. The van der Waals surface area contributed by atoms with Crippen molar-refractivity contribution in [3.63, 3.8) is 0 Å². The van der Waals surface area contributed by atoms with Crippen molar-refractivity contribution in [3.05, 3.63) is 65.2 Å². The number of amides is 3. The number of carbonyl (C=O) groups is 3. The molecule has 1 unspecified atom stereocenters. The Hall–Kier alpha value is -3.91. The molecule has 192 valence electrons. The van der Waals surface area contributed by atoms with Crippen LogP contribution in [0.15, 0.2) is 48.5 Å². The van der Waals surface area contributed by atoms with Gasteiger partial charge in [0.05, 0.1) is 40.3 Å². The lowest BCUT2D eigenvalue weighted by atomic mass is 9.67. The van der Waals surface area contributed by atoms with Crippen LogP contribution in [0.1, 0.15) is 37.0 Å². The number of anilines is 1. The molecule has 3 aliphatic heterocycles. The Morgan fingerprint density at radius 1 is 1.16 bits per heavy atom. The Kier molecular flexibility index (Phi) is 5.56. The number of fused-ring (bicyclic) bond motifs is 5. The molecule has 37 heavy (non-hydrogen) atoms. The second-order valence-electron chi connectivity index (χ2n) is 9.84. The van der Waals surface area contributed by atoms with Crippen LogP contribution in [0.2, 0.25) is 0 Å². The first-order chi connectivity index (χ1) is 17.4. The lowest BCUT2D eigenvalue weighted by Gasteiger charge is -2.34. The Morgan fingerprint density at radius 3 is 2.49 bits per heavy atom. The van der Waals surface area contributed by atoms with Crippen LogP contribution in [0.5, 0.6) is 0 Å². The fourth-order valence-corrected chi connectivity index (χ4v) is 5.85. The van der Waals surface area contributed by atoms with E-state index in [1.165, 1.54) is 6.07 Å². The van der Waals surface area contributed by atoms with Gasteiger partial charge in [0.2, 0.25) is 11.8 Å². The van der Waals surface area contributed by atoms with E-state index in [2.05, 4.69) is 5.32 Å². The number of alkyl halides is 3. The van der Waals surface area contributed by atoms with Crippen molar-refractivity contribution in [1.29, 1.82) is 5.26 Å². The van der Waals surface area contributed by atoms with Gasteiger partial charge in [-0.25, -0.2) is 9.69 Å². The van der Waals surface area contributed by atoms with Crippen molar-refractivity contribution in [2.75, 3.05) is 4.90 Å². The highest BCUT2D eigenvalue weighted by Crippen LogP contribution is 2.61. The molecule has 3 aliphatic rings. The smallest absolute Gasteiger partial charge is 0.417 e. The number of benzene rings is 2. The van der Waals surface area contributed by atoms with Crippen LogP contribution in [0.25, 0.3) is 0 Å². The predicted molar refractivity (Wildman–Crippen MR) is 122 cm³/mol. The summed E-state index contributed by atoms with van der Waals surface area (Å²) in [5.41, 5.74) is -3.80. The van der Waals surface area contributed by atoms with Crippen molar-refractivity contribution in [1.82, 2.24) is 5.32 Å². The molecule has 0 saturated carbocycles. The molecule has 5 atom stereocenters. The molecular formula is C26H22F3N3O5. The Morgan fingerprint density at radius 2 is 1.84 bits per heavy atom. The summed E-state index contributed by atoms with van der Waals surface area (Å²) < 4.78 is 52.3. The zero-order valence-corrected chi connectivity index (χ0v) is 19.8. The van der Waals surface area contributed by atoms with E-state index in [9.17, 15) is 27.6 Å². The van der Waals surface area contributed by atoms with Gasteiger partial charge < -0.3 is 14.8 Å². The van der Waals surface area contributed by atoms with Gasteiger partial charge in [0.15, 0.2) is 0 Å². The van der Waals surface area contributed by atoms with E-state index in [0.717, 1.165) is 22.6 Å². The van der Waals surface area contributed by atoms with Crippen molar-refractivity contribution >= 4 is 23.6 Å². The van der Waals surface area contributed by atoms with Crippen LogP contribution >= 0.6 is 0 Å². The summed E-state index contributed by atoms with van der Waals surface area (Å²) in [5.74, 6) is -3.44. The number of carbonyl (C=O) groups excluding carboxylic acids is 3. The molecule has 3 saturated heterocycles. The quantitative estimate of drug-likeness (QED) is 0.621. The minimum atomic E-state index is -4.85. The molecule has 2 aromatic rings. The van der Waals surface area contributed by atoms with Gasteiger partial charge in [-0.3, -0.25) is 9.59 Å². The van der Waals surface area contributed by atoms with Crippen molar-refractivity contribution < 1.29 is 37.0 Å². The van der Waals surface area contributed by atoms with Gasteiger partial charge in [0, 0.05) is 13.0 Å². The number of ether oxygens (including phenoxy) is 2. The number of halogens is 3. The molecule has 0 aliphatic carbocycles. The molecule has 3 fully saturated rings. The SMILES string of the molecule is C[C@]12C[C@@H](OC(=O)NCc3ccccc3)[C@](C)(O1)C1C(=O)N(c3ccc(C#N)c(C(F)(F)F)c3)C(=O)[C@H]12. The fraction of sp³-hybridized carbons (Fsp3) is 0.385. The molecule has 8 nitrogen and oxygen atoms in total. The Bertz CT molecular complexity index is 1340. The van der Waals surface area contributed by atoms with Crippen molar-refractivity contribution in [3.8, 4) is 6.07 Å². The topological polar surface area (TPSA) is 109 Å². The lowest BCUT2D eigenvalue weighted by molar-refractivity contribution is -0.138. The standard InChI is InChI=1S/C26H22F3N3O5/c1-24-11-18(36-23(35)31-13-14-6-4-3-5-7-14)25(2,37-24)20-19(24)21(33)32(22(20)34)16-9-8-15(12-30)17(10-16)26(27,28)29/h3-10,18-20H,11,13H2,1-2H3,(H,31,35)/t18-,19+,20?,24-,25+/m1/s1. The molecule has 0 radical (unpaired) electrons. The van der Waals surface area contributed by atoms with Gasteiger partial charge in [0.25, 0.3) is 0 Å². The lowest BCUT2D eigenvalue weighted by Crippen LogP contribution is -2.51. The van der Waals surface area contributed by atoms with Crippen LogP contribution < -0.4 is 10.2 Å². The van der Waals surface area contributed by atoms with Gasteiger partial charge in [-0.05, 0) is 37.6 Å². The molecule has 5 rings (SSSR count). The Balaban J connectivity index is 1.39. The van der Waals surface area contributed by atoms with E-state index in [4.69, 9.17) is 14.7 Å². The van der Waals surface area contributed by atoms with E-state index < -0.39 is 64.4 Å². The first kappa shape index (κ1) is 24.8. The zero-order chi connectivity index (χ0) is 26.8. The molecule has 1 N–H and O–H groups in total. The average Bonchev–Trinajstić information content (AvgIpc) is 3.37. The number of alkyl carbamates (subject to hydrolysis) is 1. The summed E-state index contributed by atoms with van der Waals surface area (Å²) in [4.78, 5) is 40.2. The van der Waals surface area contributed by atoms with E-state index in [1.54, 1.807) is 13.8 Å². The fourth-order valence-electron chi connectivity index (χ4n) is 5.85. The number of nitriles is 1. The van der Waals surface area contributed by atoms with Gasteiger partial charge in [-0.15, -0.1) is 0 Å². The zero-order valence-electron chi connectivity index (χ0n) is 19.8. The van der Waals surface area contributed by atoms with E-state index >= 15 is 0 Å². The van der Waals surface area contributed by atoms with E-state index in [-0.39, 0.29) is 18.7 Å². The number of nitrogens with one attached hydrogen (secondary N) is 1. The highest BCUT2D eigenvalue weighted by molar-refractivity contribution is 6.23. The largest absolute Gasteiger partial charge is 0.443 e. The van der Waals surface area contributed by atoms with Crippen LogP contribution in [0, 0.1) is 23.2 Å². The minimum Gasteiger partial charge on any atom is -0.443 e. The van der Waals surface area contributed by atoms with Crippen LogP contribution in [-0.2, 0) is 31.8 Å². The van der Waals surface area contributed by atoms with Crippen LogP contribution in [-0.4, -0.2) is 35.2 Å². The number of rotatable bonds is 4. The minimum absolute atomic E-state index is 0.136. The third kappa shape index (κ3) is 3.83. The number of imide groups is 1. The first-order valence-electron chi connectivity index (χ1n) is 11.6. The van der Waals surface area contributed by atoms with Gasteiger partial charge >= 0.3 is 12.3 Å². The van der Waals surface area contributed by atoms with Gasteiger partial charge in [-0.1, -0.05) is 30.3 Å². The second kappa shape index (κ2) is 8.31. The third-order valence-electron chi connectivity index (χ3n) is 7.48. The van der Waals surface area contributed by atoms with Crippen molar-refractivity contribution in [2.45, 2.75) is 50.3 Å². The van der Waals surface area contributed by atoms with Gasteiger partial charge in [0.1, 0.15) is 11.7 Å². The summed E-state index contributed by atoms with van der Waals surface area (Å²) in [6.45, 7) is 3.43. The van der Waals surface area contributed by atoms with E-state index in [1.807, 2.05) is 30.3 Å². The summed E-state index contributed by atoms with van der Waals surface area (Å²) in [6.07, 6.45) is -6.30. The predicted octanol–water partition coefficient (Wildman–Crippen LogP) is 3.93. The van der Waals surface area contributed by atoms with Crippen molar-refractivity contribution in [2.24, 2.45) is 11.8 Å². The van der Waals surface area contributed by atoms with Gasteiger partial charge in [-0.2, -0.15) is 18.4 Å². The molecule has 3 amide bonds. The summed E-state index contributed by atoms with van der Waals surface area (Å²) in [5, 5.41) is 11.7. The summed E-state index contributed by atoms with van der Waals surface area (Å²) in [7, 11) is 0. The average molecular weight is 513 g/mol. The molecule has 0 aromatic heterocycles. The maximum Gasteiger partial charge on any atom is 0.417 e. The van der Waals surface area contributed by atoms with Crippen LogP contribution in [0.4, 0.5) is 23.7 Å². The molecule has 11 heteroatoms. The normalized spacial score (nSPS) is 30.3. The van der Waals surface area contributed by atoms with Crippen LogP contribution in [0.3, 0.4) is 0 Å². The van der Waals surface area contributed by atoms with E-state index in [0.29, 0.717) is 6.07 Å². The Labute approximate surface area is 209 Å². The highest BCUT2D eigenvalue weighted by Gasteiger charge is 2.77. The maximum absolute atomic E-state index is 13.5. The summed E-state index contributed by atoms with van der Waals surface area (Å²) >= 11 is 0. The molecule has 2 aromatic carbocycles. The number of nitrogens with zero attached hydrogens (tertiary/aromatic N) is 2. The summed E-state index contributed by atoms with van der Waals surface area (Å²) in [6, 6.07) is 13.4. The monoisotopic (exact) mass is 513 g/mol. The maximum atomic E-state index is 13.5. The highest BCUT2D eigenvalue weighted by atomic mass is 19.4. The second-order valence-corrected chi connectivity index (χ2v) is 9.84. The third-order valence-corrected chi connectivity index (χ3v) is 7.48. The molecule has 0 spiro atoms. The number of hydrogen-bond donors (Lipinski definition) is 1. The molecular weight excluding hydrogens is 491 g/mol.